The van der Waals surface area contributed by atoms with Crippen LogP contribution in [0.1, 0.15) is 153 Å². The lowest BCUT2D eigenvalue weighted by Crippen LogP contribution is -2.13. The van der Waals surface area contributed by atoms with Crippen LogP contribution in [0, 0.1) is 11.8 Å². The van der Waals surface area contributed by atoms with Crippen LogP contribution in [-0.2, 0) is 0 Å². The molecule has 3 rings (SSSR count). The Hall–Kier alpha value is -1.04. The number of hydrogen-bond acceptors (Lipinski definition) is 0. The van der Waals surface area contributed by atoms with Crippen molar-refractivity contribution < 1.29 is 0 Å². The Morgan fingerprint density at radius 2 is 1.25 bits per heavy atom. The van der Waals surface area contributed by atoms with Crippen molar-refractivity contribution in [1.82, 2.24) is 0 Å². The summed E-state index contributed by atoms with van der Waals surface area (Å²) in [6.07, 6.45) is 29.6. The summed E-state index contributed by atoms with van der Waals surface area (Å²) in [5.74, 6) is 2.77. The van der Waals surface area contributed by atoms with Gasteiger partial charge in [0.25, 0.3) is 0 Å². The summed E-state index contributed by atoms with van der Waals surface area (Å²) in [5.41, 5.74) is 4.72. The molecule has 0 bridgehead atoms. The van der Waals surface area contributed by atoms with E-state index in [9.17, 15) is 0 Å². The molecule has 0 amide bonds. The van der Waals surface area contributed by atoms with Crippen LogP contribution in [0.3, 0.4) is 0 Å². The second-order valence-corrected chi connectivity index (χ2v) is 11.1. The maximum Gasteiger partial charge on any atom is -0.0162 e. The van der Waals surface area contributed by atoms with Crippen molar-refractivity contribution in [3.63, 3.8) is 0 Å². The van der Waals surface area contributed by atoms with Crippen LogP contribution < -0.4 is 0 Å². The zero-order valence-electron chi connectivity index (χ0n) is 21.6. The Balaban J connectivity index is 1.34. The SMILES string of the molecule is CCCCCCCCCCC1CC=C(c2ccc(C3CCC(CCCC)CC3)cc2)CC1. The molecule has 0 aromatic heterocycles. The highest BCUT2D eigenvalue weighted by Gasteiger charge is 2.22. The van der Waals surface area contributed by atoms with Crippen molar-refractivity contribution in [2.75, 3.05) is 0 Å². The lowest BCUT2D eigenvalue weighted by molar-refractivity contribution is 0.304. The molecule has 0 saturated heterocycles. The van der Waals surface area contributed by atoms with Gasteiger partial charge in [-0.25, -0.2) is 0 Å². The van der Waals surface area contributed by atoms with E-state index in [1.807, 2.05) is 0 Å². The monoisotopic (exact) mass is 436 g/mol. The fourth-order valence-corrected chi connectivity index (χ4v) is 6.23. The fourth-order valence-electron chi connectivity index (χ4n) is 6.23. The van der Waals surface area contributed by atoms with Crippen LogP contribution in [-0.4, -0.2) is 0 Å². The van der Waals surface area contributed by atoms with Gasteiger partial charge in [-0.05, 0) is 79.4 Å². The van der Waals surface area contributed by atoms with Crippen molar-refractivity contribution in [3.8, 4) is 0 Å². The zero-order chi connectivity index (χ0) is 22.4. The molecule has 0 spiro atoms. The normalized spacial score (nSPS) is 23.8. The average Bonchev–Trinajstić information content (AvgIpc) is 2.85. The molecular weight excluding hydrogens is 384 g/mol. The molecule has 1 aromatic carbocycles. The van der Waals surface area contributed by atoms with Gasteiger partial charge in [-0.2, -0.15) is 0 Å². The summed E-state index contributed by atoms with van der Waals surface area (Å²) in [6.45, 7) is 4.63. The minimum Gasteiger partial charge on any atom is -0.0804 e. The van der Waals surface area contributed by atoms with Crippen LogP contribution >= 0.6 is 0 Å². The molecule has 180 valence electrons. The van der Waals surface area contributed by atoms with E-state index in [1.54, 1.807) is 11.1 Å². The van der Waals surface area contributed by atoms with E-state index in [0.29, 0.717) is 0 Å². The summed E-state index contributed by atoms with van der Waals surface area (Å²) < 4.78 is 0. The maximum atomic E-state index is 2.58. The Morgan fingerprint density at radius 3 is 1.88 bits per heavy atom. The molecule has 2 aliphatic carbocycles. The molecule has 0 heteroatoms. The van der Waals surface area contributed by atoms with Gasteiger partial charge in [0, 0.05) is 0 Å². The second-order valence-electron chi connectivity index (χ2n) is 11.1. The van der Waals surface area contributed by atoms with Crippen molar-refractivity contribution in [2.24, 2.45) is 11.8 Å². The highest BCUT2D eigenvalue weighted by Crippen LogP contribution is 2.39. The van der Waals surface area contributed by atoms with Gasteiger partial charge in [-0.3, -0.25) is 0 Å². The molecule has 1 fully saturated rings. The van der Waals surface area contributed by atoms with Crippen LogP contribution in [0.4, 0.5) is 0 Å². The van der Waals surface area contributed by atoms with Gasteiger partial charge in [-0.1, -0.05) is 121 Å². The number of allylic oxidation sites excluding steroid dienone is 2. The van der Waals surface area contributed by atoms with E-state index in [0.717, 1.165) is 17.8 Å². The largest absolute Gasteiger partial charge is 0.0804 e. The van der Waals surface area contributed by atoms with E-state index in [1.165, 1.54) is 128 Å². The standard InChI is InChI=1S/C32H52/c1-3-5-7-8-9-10-11-12-14-28-17-21-30(22-18-28)32-25-23-31(24-26-32)29-19-15-27(16-20-29)13-6-4-2/h21,23-29H,3-20,22H2,1-2H3. The van der Waals surface area contributed by atoms with Crippen molar-refractivity contribution >= 4 is 5.57 Å². The molecule has 1 saturated carbocycles. The molecule has 0 N–H and O–H groups in total. The summed E-state index contributed by atoms with van der Waals surface area (Å²) in [4.78, 5) is 0. The van der Waals surface area contributed by atoms with Crippen molar-refractivity contribution in [3.05, 3.63) is 41.5 Å². The van der Waals surface area contributed by atoms with Gasteiger partial charge in [-0.15, -0.1) is 0 Å². The lowest BCUT2D eigenvalue weighted by Gasteiger charge is -2.29. The van der Waals surface area contributed by atoms with Gasteiger partial charge < -0.3 is 0 Å². The zero-order valence-corrected chi connectivity index (χ0v) is 21.6. The second kappa shape index (κ2) is 15.0. The predicted octanol–water partition coefficient (Wildman–Crippen LogP) is 10.9. The van der Waals surface area contributed by atoms with Gasteiger partial charge in [0.05, 0.1) is 0 Å². The van der Waals surface area contributed by atoms with Crippen LogP contribution in [0.5, 0.6) is 0 Å². The molecule has 0 radical (unpaired) electrons. The lowest BCUT2D eigenvalue weighted by atomic mass is 9.76. The minimum atomic E-state index is 0.818. The van der Waals surface area contributed by atoms with E-state index in [2.05, 4.69) is 44.2 Å². The van der Waals surface area contributed by atoms with Crippen LogP contribution in [0.2, 0.25) is 0 Å². The summed E-state index contributed by atoms with van der Waals surface area (Å²) in [5, 5.41) is 0. The van der Waals surface area contributed by atoms with Gasteiger partial charge in [0.1, 0.15) is 0 Å². The van der Waals surface area contributed by atoms with Gasteiger partial charge in [0.2, 0.25) is 0 Å². The average molecular weight is 437 g/mol. The molecule has 1 atom stereocenters. The Bertz CT molecular complexity index is 629. The maximum absolute atomic E-state index is 2.58. The summed E-state index contributed by atoms with van der Waals surface area (Å²) >= 11 is 0. The third-order valence-electron chi connectivity index (χ3n) is 8.55. The fraction of sp³-hybridized carbons (Fsp3) is 0.750. The number of hydrogen-bond donors (Lipinski definition) is 0. The topological polar surface area (TPSA) is 0 Å². The van der Waals surface area contributed by atoms with Crippen molar-refractivity contribution in [2.45, 2.75) is 142 Å². The third kappa shape index (κ3) is 8.72. The first-order chi connectivity index (χ1) is 15.8. The van der Waals surface area contributed by atoms with E-state index >= 15 is 0 Å². The van der Waals surface area contributed by atoms with E-state index < -0.39 is 0 Å². The smallest absolute Gasteiger partial charge is 0.0162 e. The van der Waals surface area contributed by atoms with Crippen LogP contribution in [0.15, 0.2) is 30.3 Å². The highest BCUT2D eigenvalue weighted by molar-refractivity contribution is 5.66. The van der Waals surface area contributed by atoms with Gasteiger partial charge >= 0.3 is 0 Å². The molecule has 1 aromatic rings. The Kier molecular flexibility index (Phi) is 12.0. The Morgan fingerprint density at radius 1 is 0.625 bits per heavy atom. The predicted molar refractivity (Wildman–Crippen MR) is 143 cm³/mol. The Labute approximate surface area is 200 Å². The first kappa shape index (κ1) is 25.6. The highest BCUT2D eigenvalue weighted by atomic mass is 14.3. The molecule has 0 nitrogen and oxygen atoms in total. The molecule has 0 heterocycles. The first-order valence-electron chi connectivity index (χ1n) is 14.6. The molecule has 0 aliphatic heterocycles. The van der Waals surface area contributed by atoms with E-state index in [4.69, 9.17) is 0 Å². The number of benzene rings is 1. The van der Waals surface area contributed by atoms with Crippen LogP contribution in [0.25, 0.3) is 5.57 Å². The van der Waals surface area contributed by atoms with Crippen molar-refractivity contribution in [1.29, 1.82) is 0 Å². The quantitative estimate of drug-likeness (QED) is 0.254. The number of rotatable bonds is 14. The summed E-state index contributed by atoms with van der Waals surface area (Å²) in [6, 6.07) is 9.78. The summed E-state index contributed by atoms with van der Waals surface area (Å²) in [7, 11) is 0. The van der Waals surface area contributed by atoms with E-state index in [-0.39, 0.29) is 0 Å². The molecular formula is C32H52. The molecule has 32 heavy (non-hydrogen) atoms. The minimum absolute atomic E-state index is 0.818. The molecule has 2 aliphatic rings. The first-order valence-corrected chi connectivity index (χ1v) is 14.6. The molecule has 1 unspecified atom stereocenters. The number of unbranched alkanes of at least 4 members (excludes halogenated alkanes) is 8. The third-order valence-corrected chi connectivity index (χ3v) is 8.55. The van der Waals surface area contributed by atoms with Gasteiger partial charge in [0.15, 0.2) is 0 Å².